The van der Waals surface area contributed by atoms with Gasteiger partial charge in [0.2, 0.25) is 0 Å². The second kappa shape index (κ2) is 5.70. The minimum Gasteiger partial charge on any atom is -0.378 e. The molecule has 2 aromatic carbocycles. The van der Waals surface area contributed by atoms with Crippen molar-refractivity contribution in [2.24, 2.45) is 5.92 Å². The van der Waals surface area contributed by atoms with Crippen molar-refractivity contribution < 1.29 is 9.85 Å². The molecular formula is C18H15N3O4. The molecule has 7 nitrogen and oxygen atoms in total. The molecule has 0 aromatic heterocycles. The summed E-state index contributed by atoms with van der Waals surface area (Å²) >= 11 is 0. The highest BCUT2D eigenvalue weighted by Gasteiger charge is 2.38. The lowest BCUT2D eigenvalue weighted by Crippen LogP contribution is -2.29. The summed E-state index contributed by atoms with van der Waals surface area (Å²) in [6.45, 7) is 0. The Bertz CT molecular complexity index is 892. The molecule has 0 unspecified atom stereocenters. The topological polar surface area (TPSA) is 98.3 Å². The van der Waals surface area contributed by atoms with Gasteiger partial charge in [0.05, 0.1) is 15.9 Å². The van der Waals surface area contributed by atoms with Crippen molar-refractivity contribution in [2.75, 3.05) is 5.32 Å². The summed E-state index contributed by atoms with van der Waals surface area (Å²) in [5, 5.41) is 25.4. The molecule has 0 spiro atoms. The first-order chi connectivity index (χ1) is 12.0. The minimum atomic E-state index is -0.410. The number of non-ortho nitro benzene ring substituents is 2. The fourth-order valence-electron chi connectivity index (χ4n) is 3.83. The monoisotopic (exact) mass is 337 g/mol. The molecule has 1 aliphatic heterocycles. The maximum atomic E-state index is 11.1. The molecule has 0 bridgehead atoms. The van der Waals surface area contributed by atoms with E-state index in [9.17, 15) is 20.2 Å². The highest BCUT2D eigenvalue weighted by molar-refractivity contribution is 5.63. The molecule has 1 aliphatic carbocycles. The van der Waals surface area contributed by atoms with Gasteiger partial charge in [-0.1, -0.05) is 24.3 Å². The van der Waals surface area contributed by atoms with Crippen LogP contribution in [0.1, 0.15) is 29.5 Å². The third kappa shape index (κ3) is 2.53. The SMILES string of the molecule is O=[N+]([O-])c1ccc([C@H]2Nc3ccc([N+](=O)[O-])cc3[C@H]3C=CC[C@H]32)cc1. The van der Waals surface area contributed by atoms with E-state index in [-0.39, 0.29) is 34.2 Å². The van der Waals surface area contributed by atoms with Crippen molar-refractivity contribution in [2.45, 2.75) is 18.4 Å². The molecule has 1 heterocycles. The van der Waals surface area contributed by atoms with E-state index in [0.29, 0.717) is 0 Å². The zero-order valence-electron chi connectivity index (χ0n) is 13.2. The predicted molar refractivity (Wildman–Crippen MR) is 92.5 cm³/mol. The van der Waals surface area contributed by atoms with Crippen LogP contribution in [0.3, 0.4) is 0 Å². The van der Waals surface area contributed by atoms with Crippen LogP contribution in [0.4, 0.5) is 17.1 Å². The maximum absolute atomic E-state index is 11.1. The predicted octanol–water partition coefficient (Wildman–Crippen LogP) is 4.33. The van der Waals surface area contributed by atoms with Gasteiger partial charge in [-0.2, -0.15) is 0 Å². The van der Waals surface area contributed by atoms with Crippen LogP contribution < -0.4 is 5.32 Å². The van der Waals surface area contributed by atoms with Crippen LogP contribution in [-0.4, -0.2) is 9.85 Å². The van der Waals surface area contributed by atoms with Crippen LogP contribution in [0, 0.1) is 26.1 Å². The van der Waals surface area contributed by atoms with Crippen LogP contribution in [0.15, 0.2) is 54.6 Å². The van der Waals surface area contributed by atoms with Gasteiger partial charge in [0, 0.05) is 35.9 Å². The Morgan fingerprint density at radius 2 is 1.64 bits per heavy atom. The smallest absolute Gasteiger partial charge is 0.269 e. The zero-order valence-corrected chi connectivity index (χ0v) is 13.2. The molecule has 2 aromatic rings. The van der Waals surface area contributed by atoms with Crippen LogP contribution >= 0.6 is 0 Å². The molecule has 0 saturated heterocycles. The first kappa shape index (κ1) is 15.3. The molecule has 2 aliphatic rings. The number of fused-ring (bicyclic) bond motifs is 3. The molecule has 1 N–H and O–H groups in total. The number of hydrogen-bond donors (Lipinski definition) is 1. The lowest BCUT2D eigenvalue weighted by Gasteiger charge is -2.37. The van der Waals surface area contributed by atoms with E-state index in [2.05, 4.69) is 17.5 Å². The number of anilines is 1. The molecule has 25 heavy (non-hydrogen) atoms. The van der Waals surface area contributed by atoms with E-state index in [1.54, 1.807) is 24.3 Å². The first-order valence-corrected chi connectivity index (χ1v) is 8.00. The van der Waals surface area contributed by atoms with E-state index < -0.39 is 4.92 Å². The van der Waals surface area contributed by atoms with E-state index in [1.807, 2.05) is 0 Å². The van der Waals surface area contributed by atoms with Crippen LogP contribution in [0.25, 0.3) is 0 Å². The zero-order chi connectivity index (χ0) is 17.6. The molecule has 0 radical (unpaired) electrons. The van der Waals surface area contributed by atoms with Crippen molar-refractivity contribution >= 4 is 17.1 Å². The Kier molecular flexibility index (Phi) is 3.49. The minimum absolute atomic E-state index is 0.00904. The summed E-state index contributed by atoms with van der Waals surface area (Å²) in [6, 6.07) is 11.5. The largest absolute Gasteiger partial charge is 0.378 e. The molecule has 0 fully saturated rings. The van der Waals surface area contributed by atoms with E-state index in [0.717, 1.165) is 23.2 Å². The van der Waals surface area contributed by atoms with Gasteiger partial charge >= 0.3 is 0 Å². The van der Waals surface area contributed by atoms with E-state index in [4.69, 9.17) is 0 Å². The standard InChI is InChI=1S/C18H15N3O4/c22-20(23)12-6-4-11(5-7-12)18-15-3-1-2-14(15)16-10-13(21(24)25)8-9-17(16)19-18/h1-2,4-10,14-15,18-19H,3H2/t14-,15+,18+/m0/s1. The van der Waals surface area contributed by atoms with Gasteiger partial charge in [0.15, 0.2) is 0 Å². The third-order valence-electron chi connectivity index (χ3n) is 5.02. The summed E-state index contributed by atoms with van der Waals surface area (Å²) in [6.07, 6.45) is 5.07. The summed E-state index contributed by atoms with van der Waals surface area (Å²) in [4.78, 5) is 21.1. The lowest BCUT2D eigenvalue weighted by atomic mass is 9.77. The number of hydrogen-bond acceptors (Lipinski definition) is 5. The highest BCUT2D eigenvalue weighted by atomic mass is 16.6. The fraction of sp³-hybridized carbons (Fsp3) is 0.222. The maximum Gasteiger partial charge on any atom is 0.269 e. The van der Waals surface area contributed by atoms with Gasteiger partial charge < -0.3 is 5.32 Å². The Hall–Kier alpha value is -3.22. The molecule has 0 saturated carbocycles. The molecule has 0 amide bonds. The number of rotatable bonds is 3. The van der Waals surface area contributed by atoms with Gasteiger partial charge in [-0.25, -0.2) is 0 Å². The average molecular weight is 337 g/mol. The number of allylic oxidation sites excluding steroid dienone is 2. The molecule has 3 atom stereocenters. The highest BCUT2D eigenvalue weighted by Crippen LogP contribution is 2.50. The van der Waals surface area contributed by atoms with Crippen LogP contribution in [-0.2, 0) is 0 Å². The molecule has 4 rings (SSSR count). The average Bonchev–Trinajstić information content (AvgIpc) is 3.10. The molecule has 7 heteroatoms. The van der Waals surface area contributed by atoms with Gasteiger partial charge in [-0.3, -0.25) is 20.2 Å². The van der Waals surface area contributed by atoms with Gasteiger partial charge in [0.25, 0.3) is 11.4 Å². The number of benzene rings is 2. The fourth-order valence-corrected chi connectivity index (χ4v) is 3.83. The Morgan fingerprint density at radius 3 is 2.32 bits per heavy atom. The van der Waals surface area contributed by atoms with Crippen molar-refractivity contribution in [3.8, 4) is 0 Å². The summed E-state index contributed by atoms with van der Waals surface area (Å²) in [7, 11) is 0. The van der Waals surface area contributed by atoms with E-state index in [1.165, 1.54) is 18.2 Å². The molecule has 126 valence electrons. The Balaban J connectivity index is 1.72. The second-order valence-electron chi connectivity index (χ2n) is 6.35. The van der Waals surface area contributed by atoms with Gasteiger partial charge in [-0.05, 0) is 29.5 Å². The number of nitro groups is 2. The summed E-state index contributed by atoms with van der Waals surface area (Å²) in [5.41, 5.74) is 2.95. The first-order valence-electron chi connectivity index (χ1n) is 8.00. The van der Waals surface area contributed by atoms with Crippen LogP contribution in [0.2, 0.25) is 0 Å². The summed E-state index contributed by atoms with van der Waals surface area (Å²) in [5.74, 6) is 0.340. The molecular weight excluding hydrogens is 322 g/mol. The van der Waals surface area contributed by atoms with Crippen molar-refractivity contribution in [1.82, 2.24) is 0 Å². The van der Waals surface area contributed by atoms with Gasteiger partial charge in [-0.15, -0.1) is 0 Å². The third-order valence-corrected chi connectivity index (χ3v) is 5.02. The van der Waals surface area contributed by atoms with E-state index >= 15 is 0 Å². The number of nitrogens with zero attached hydrogens (tertiary/aromatic N) is 2. The number of nitro benzene ring substituents is 2. The lowest BCUT2D eigenvalue weighted by molar-refractivity contribution is -0.385. The van der Waals surface area contributed by atoms with Crippen molar-refractivity contribution in [3.63, 3.8) is 0 Å². The summed E-state index contributed by atoms with van der Waals surface area (Å²) < 4.78 is 0. The second-order valence-corrected chi connectivity index (χ2v) is 6.35. The Labute approximate surface area is 143 Å². The van der Waals surface area contributed by atoms with Crippen molar-refractivity contribution in [1.29, 1.82) is 0 Å². The number of nitrogens with one attached hydrogen (secondary N) is 1. The normalized spacial score (nSPS) is 23.4. The Morgan fingerprint density at radius 1 is 0.960 bits per heavy atom. The quantitative estimate of drug-likeness (QED) is 0.510. The van der Waals surface area contributed by atoms with Gasteiger partial charge in [0.1, 0.15) is 0 Å². The van der Waals surface area contributed by atoms with Crippen molar-refractivity contribution in [3.05, 3.63) is 86.0 Å². The van der Waals surface area contributed by atoms with Crippen LogP contribution in [0.5, 0.6) is 0 Å².